The standard InChI is InChI=1S/C25H24N2O/c1-17-23(21-15-9-10-16-22(21)26-17)25(28)18(2)27-24(19-11-5-3-6-12-19)20-13-7-4-8-14-20/h3-16,18,24,26-27H,1-2H3/t18-/m0/s1. The minimum Gasteiger partial charge on any atom is -0.358 e. The van der Waals surface area contributed by atoms with Crippen molar-refractivity contribution in [3.8, 4) is 0 Å². The third-order valence-electron chi connectivity index (χ3n) is 5.22. The zero-order valence-corrected chi connectivity index (χ0v) is 16.1. The lowest BCUT2D eigenvalue weighted by molar-refractivity contribution is 0.0948. The molecule has 1 atom stereocenters. The molecule has 0 saturated carbocycles. The van der Waals surface area contributed by atoms with Crippen molar-refractivity contribution in [2.45, 2.75) is 25.9 Å². The highest BCUT2D eigenvalue weighted by molar-refractivity contribution is 6.11. The van der Waals surface area contributed by atoms with E-state index in [4.69, 9.17) is 0 Å². The molecule has 4 rings (SSSR count). The zero-order chi connectivity index (χ0) is 19.5. The number of carbonyl (C=O) groups excluding carboxylic acids is 1. The first-order valence-corrected chi connectivity index (χ1v) is 9.62. The van der Waals surface area contributed by atoms with Gasteiger partial charge in [-0.1, -0.05) is 78.9 Å². The van der Waals surface area contributed by atoms with E-state index in [1.165, 1.54) is 0 Å². The smallest absolute Gasteiger partial charge is 0.181 e. The van der Waals surface area contributed by atoms with Gasteiger partial charge in [0.05, 0.1) is 12.1 Å². The van der Waals surface area contributed by atoms with Crippen LogP contribution < -0.4 is 5.32 Å². The molecule has 0 aliphatic carbocycles. The molecule has 0 amide bonds. The van der Waals surface area contributed by atoms with E-state index in [-0.39, 0.29) is 17.9 Å². The molecule has 0 bridgehead atoms. The Hall–Kier alpha value is -3.17. The van der Waals surface area contributed by atoms with E-state index in [0.29, 0.717) is 0 Å². The number of Topliss-reactive ketones (excluding diaryl/α,β-unsaturated/α-hetero) is 1. The van der Waals surface area contributed by atoms with Crippen LogP contribution in [0.1, 0.15) is 40.1 Å². The second-order valence-electron chi connectivity index (χ2n) is 7.18. The predicted octanol–water partition coefficient (Wildman–Crippen LogP) is 5.43. The molecule has 3 aromatic carbocycles. The minimum absolute atomic E-state index is 0.0492. The van der Waals surface area contributed by atoms with E-state index >= 15 is 0 Å². The van der Waals surface area contributed by atoms with Gasteiger partial charge < -0.3 is 4.98 Å². The molecule has 3 heteroatoms. The largest absolute Gasteiger partial charge is 0.358 e. The molecule has 0 fully saturated rings. The molecule has 140 valence electrons. The number of carbonyl (C=O) groups is 1. The number of fused-ring (bicyclic) bond motifs is 1. The van der Waals surface area contributed by atoms with Crippen LogP contribution in [-0.2, 0) is 0 Å². The van der Waals surface area contributed by atoms with Gasteiger partial charge in [-0.2, -0.15) is 0 Å². The summed E-state index contributed by atoms with van der Waals surface area (Å²) in [6.07, 6.45) is 0. The van der Waals surface area contributed by atoms with Crippen LogP contribution in [-0.4, -0.2) is 16.8 Å². The molecule has 2 N–H and O–H groups in total. The Kier molecular flexibility index (Phi) is 5.09. The third kappa shape index (κ3) is 3.49. The molecule has 0 saturated heterocycles. The summed E-state index contributed by atoms with van der Waals surface area (Å²) < 4.78 is 0. The summed E-state index contributed by atoms with van der Waals surface area (Å²) in [4.78, 5) is 16.7. The molecule has 4 aromatic rings. The molecule has 0 aliphatic rings. The Morgan fingerprint density at radius 3 is 1.96 bits per heavy atom. The van der Waals surface area contributed by atoms with Gasteiger partial charge in [-0.15, -0.1) is 0 Å². The van der Waals surface area contributed by atoms with Gasteiger partial charge in [-0.3, -0.25) is 10.1 Å². The van der Waals surface area contributed by atoms with Crippen molar-refractivity contribution < 1.29 is 4.79 Å². The maximum atomic E-state index is 13.4. The van der Waals surface area contributed by atoms with Crippen molar-refractivity contribution in [2.75, 3.05) is 0 Å². The molecule has 0 radical (unpaired) electrons. The van der Waals surface area contributed by atoms with Gasteiger partial charge >= 0.3 is 0 Å². The molecule has 1 heterocycles. The fourth-order valence-corrected chi connectivity index (χ4v) is 3.81. The van der Waals surface area contributed by atoms with E-state index in [9.17, 15) is 4.79 Å². The van der Waals surface area contributed by atoms with Gasteiger partial charge in [0.1, 0.15) is 0 Å². The van der Waals surface area contributed by atoms with Crippen molar-refractivity contribution in [3.05, 3.63) is 107 Å². The van der Waals surface area contributed by atoms with Crippen molar-refractivity contribution in [1.29, 1.82) is 0 Å². The molecular formula is C25H24N2O. The van der Waals surface area contributed by atoms with Crippen molar-refractivity contribution in [3.63, 3.8) is 0 Å². The van der Waals surface area contributed by atoms with E-state index in [1.807, 2.05) is 74.5 Å². The van der Waals surface area contributed by atoms with Crippen molar-refractivity contribution in [2.24, 2.45) is 0 Å². The Labute approximate surface area is 165 Å². The summed E-state index contributed by atoms with van der Waals surface area (Å²) >= 11 is 0. The monoisotopic (exact) mass is 368 g/mol. The van der Waals surface area contributed by atoms with Crippen LogP contribution in [0.25, 0.3) is 10.9 Å². The second kappa shape index (κ2) is 7.83. The summed E-state index contributed by atoms with van der Waals surface area (Å²) in [6.45, 7) is 3.91. The Morgan fingerprint density at radius 1 is 0.821 bits per heavy atom. The van der Waals surface area contributed by atoms with Crippen molar-refractivity contribution in [1.82, 2.24) is 10.3 Å². The lowest BCUT2D eigenvalue weighted by Crippen LogP contribution is -2.37. The summed E-state index contributed by atoms with van der Waals surface area (Å²) in [6, 6.07) is 28.1. The van der Waals surface area contributed by atoms with Gasteiger partial charge in [0, 0.05) is 22.2 Å². The van der Waals surface area contributed by atoms with Crippen LogP contribution in [0.2, 0.25) is 0 Å². The summed E-state index contributed by atoms with van der Waals surface area (Å²) in [5, 5.41) is 4.55. The summed E-state index contributed by atoms with van der Waals surface area (Å²) in [7, 11) is 0. The first kappa shape index (κ1) is 18.2. The quantitative estimate of drug-likeness (QED) is 0.446. The molecule has 1 aromatic heterocycles. The third-order valence-corrected chi connectivity index (χ3v) is 5.22. The van der Waals surface area contributed by atoms with Crippen LogP contribution in [0.3, 0.4) is 0 Å². The highest BCUT2D eigenvalue weighted by Gasteiger charge is 2.24. The molecule has 0 spiro atoms. The number of ketones is 1. The summed E-state index contributed by atoms with van der Waals surface area (Å²) in [5.74, 6) is 0.104. The van der Waals surface area contributed by atoms with E-state index in [1.54, 1.807) is 0 Å². The lowest BCUT2D eigenvalue weighted by Gasteiger charge is -2.24. The lowest BCUT2D eigenvalue weighted by atomic mass is 9.96. The van der Waals surface area contributed by atoms with Gasteiger partial charge in [-0.05, 0) is 31.0 Å². The maximum absolute atomic E-state index is 13.4. The van der Waals surface area contributed by atoms with Crippen LogP contribution >= 0.6 is 0 Å². The SMILES string of the molecule is Cc1[nH]c2ccccc2c1C(=O)[C@H](C)NC(c1ccccc1)c1ccccc1. The van der Waals surface area contributed by atoms with E-state index in [2.05, 4.69) is 34.6 Å². The van der Waals surface area contributed by atoms with Gasteiger partial charge in [0.25, 0.3) is 0 Å². The fraction of sp³-hybridized carbons (Fsp3) is 0.160. The topological polar surface area (TPSA) is 44.9 Å². The number of aromatic amines is 1. The molecule has 0 unspecified atom stereocenters. The number of benzene rings is 3. The van der Waals surface area contributed by atoms with Crippen LogP contribution in [0.4, 0.5) is 0 Å². The highest BCUT2D eigenvalue weighted by Crippen LogP contribution is 2.26. The Morgan fingerprint density at radius 2 is 1.36 bits per heavy atom. The number of rotatable bonds is 6. The second-order valence-corrected chi connectivity index (χ2v) is 7.18. The Bertz CT molecular complexity index is 1040. The number of H-pyrrole nitrogens is 1. The number of hydrogen-bond acceptors (Lipinski definition) is 2. The zero-order valence-electron chi connectivity index (χ0n) is 16.1. The van der Waals surface area contributed by atoms with Gasteiger partial charge in [-0.25, -0.2) is 0 Å². The summed E-state index contributed by atoms with van der Waals surface area (Å²) in [5.41, 5.74) is 4.97. The van der Waals surface area contributed by atoms with Gasteiger partial charge in [0.2, 0.25) is 0 Å². The normalized spacial score (nSPS) is 12.4. The number of hydrogen-bond donors (Lipinski definition) is 2. The number of nitrogens with one attached hydrogen (secondary N) is 2. The first-order valence-electron chi connectivity index (χ1n) is 9.62. The molecule has 28 heavy (non-hydrogen) atoms. The van der Waals surface area contributed by atoms with Gasteiger partial charge in [0.15, 0.2) is 5.78 Å². The number of aryl methyl sites for hydroxylation is 1. The molecule has 3 nitrogen and oxygen atoms in total. The maximum Gasteiger partial charge on any atom is 0.181 e. The number of para-hydroxylation sites is 1. The van der Waals surface area contributed by atoms with Crippen LogP contribution in [0.15, 0.2) is 84.9 Å². The van der Waals surface area contributed by atoms with Crippen molar-refractivity contribution >= 4 is 16.7 Å². The van der Waals surface area contributed by atoms with Crippen LogP contribution in [0, 0.1) is 6.92 Å². The average molecular weight is 368 g/mol. The Balaban J connectivity index is 1.67. The molecule has 0 aliphatic heterocycles. The fourth-order valence-electron chi connectivity index (χ4n) is 3.81. The predicted molar refractivity (Wildman–Crippen MR) is 115 cm³/mol. The number of aromatic nitrogens is 1. The highest BCUT2D eigenvalue weighted by atomic mass is 16.1. The van der Waals surface area contributed by atoms with Crippen LogP contribution in [0.5, 0.6) is 0 Å². The first-order chi connectivity index (χ1) is 13.6. The average Bonchev–Trinajstić information content (AvgIpc) is 3.08. The van der Waals surface area contributed by atoms with E-state index < -0.39 is 0 Å². The minimum atomic E-state index is -0.330. The molecular weight excluding hydrogens is 344 g/mol. The van der Waals surface area contributed by atoms with E-state index in [0.717, 1.165) is 33.3 Å².